The summed E-state index contributed by atoms with van der Waals surface area (Å²) in [7, 11) is 0. The lowest BCUT2D eigenvalue weighted by Crippen LogP contribution is -2.43. The molecule has 0 spiro atoms. The molecule has 1 fully saturated rings. The second kappa shape index (κ2) is 6.89. The van der Waals surface area contributed by atoms with Crippen LogP contribution in [-0.4, -0.2) is 36.5 Å². The Morgan fingerprint density at radius 3 is 2.75 bits per heavy atom. The lowest BCUT2D eigenvalue weighted by molar-refractivity contribution is -0.134. The van der Waals surface area contributed by atoms with Gasteiger partial charge in [0.05, 0.1) is 0 Å². The first kappa shape index (κ1) is 13.5. The van der Waals surface area contributed by atoms with Gasteiger partial charge in [-0.05, 0) is 25.8 Å². The minimum absolute atomic E-state index is 0.123. The normalized spacial score (nSPS) is 20.4. The molecule has 94 valence electrons. The van der Waals surface area contributed by atoms with Crippen LogP contribution in [0.1, 0.15) is 46.5 Å². The Bertz CT molecular complexity index is 210. The Kier molecular flexibility index (Phi) is 5.81. The van der Waals surface area contributed by atoms with E-state index in [0.717, 1.165) is 32.5 Å². The van der Waals surface area contributed by atoms with E-state index in [1.807, 2.05) is 13.8 Å². The lowest BCUT2D eigenvalue weighted by Gasteiger charge is -2.27. The van der Waals surface area contributed by atoms with E-state index in [2.05, 4.69) is 17.1 Å². The van der Waals surface area contributed by atoms with Crippen molar-refractivity contribution in [1.29, 1.82) is 0 Å². The Morgan fingerprint density at radius 2 is 2.25 bits per heavy atom. The summed E-state index contributed by atoms with van der Waals surface area (Å²) in [5.74, 6) is 0.431. The van der Waals surface area contributed by atoms with Crippen molar-refractivity contribution in [2.45, 2.75) is 52.5 Å². The lowest BCUT2D eigenvalue weighted by atomic mass is 10.1. The van der Waals surface area contributed by atoms with E-state index in [1.165, 1.54) is 12.8 Å². The Hall–Kier alpha value is -0.570. The number of nitrogens with zero attached hydrogens (tertiary/aromatic N) is 1. The van der Waals surface area contributed by atoms with Crippen LogP contribution in [-0.2, 0) is 4.79 Å². The maximum atomic E-state index is 12.0. The molecule has 1 amide bonds. The van der Waals surface area contributed by atoms with Gasteiger partial charge < -0.3 is 10.2 Å². The quantitative estimate of drug-likeness (QED) is 0.751. The average Bonchev–Trinajstić information content (AvgIpc) is 2.75. The highest BCUT2D eigenvalue weighted by Crippen LogP contribution is 2.10. The van der Waals surface area contributed by atoms with Gasteiger partial charge in [0, 0.05) is 25.0 Å². The summed E-state index contributed by atoms with van der Waals surface area (Å²) in [5.41, 5.74) is 0. The number of carbonyl (C=O) groups is 1. The molecule has 0 aromatic rings. The molecular weight excluding hydrogens is 200 g/mol. The van der Waals surface area contributed by atoms with Gasteiger partial charge in [0.1, 0.15) is 0 Å². The minimum Gasteiger partial charge on any atom is -0.341 e. The summed E-state index contributed by atoms with van der Waals surface area (Å²) in [4.78, 5) is 14.1. The molecule has 3 heteroatoms. The second-order valence-corrected chi connectivity index (χ2v) is 5.09. The molecule has 1 heterocycles. The number of carbonyl (C=O) groups excluding carboxylic acids is 1. The summed E-state index contributed by atoms with van der Waals surface area (Å²) < 4.78 is 0. The van der Waals surface area contributed by atoms with E-state index in [9.17, 15) is 4.79 Å². The number of amides is 1. The van der Waals surface area contributed by atoms with Crippen LogP contribution in [0.5, 0.6) is 0 Å². The van der Waals surface area contributed by atoms with Crippen molar-refractivity contribution in [3.63, 3.8) is 0 Å². The van der Waals surface area contributed by atoms with Crippen molar-refractivity contribution in [2.24, 2.45) is 5.92 Å². The molecule has 1 saturated heterocycles. The molecule has 0 aliphatic carbocycles. The van der Waals surface area contributed by atoms with Crippen LogP contribution >= 0.6 is 0 Å². The highest BCUT2D eigenvalue weighted by atomic mass is 16.2. The Morgan fingerprint density at radius 1 is 1.50 bits per heavy atom. The second-order valence-electron chi connectivity index (χ2n) is 5.09. The predicted molar refractivity (Wildman–Crippen MR) is 67.4 cm³/mol. The molecule has 1 unspecified atom stereocenters. The zero-order valence-corrected chi connectivity index (χ0v) is 11.0. The van der Waals surface area contributed by atoms with Crippen molar-refractivity contribution < 1.29 is 4.79 Å². The highest BCUT2D eigenvalue weighted by Gasteiger charge is 2.22. The van der Waals surface area contributed by atoms with E-state index in [0.29, 0.717) is 11.9 Å². The third kappa shape index (κ3) is 4.12. The van der Waals surface area contributed by atoms with Crippen molar-refractivity contribution in [1.82, 2.24) is 10.2 Å². The molecule has 16 heavy (non-hydrogen) atoms. The summed E-state index contributed by atoms with van der Waals surface area (Å²) in [6, 6.07) is 0.527. The monoisotopic (exact) mass is 226 g/mol. The molecule has 1 aliphatic heterocycles. The Balaban J connectivity index is 2.44. The summed E-state index contributed by atoms with van der Waals surface area (Å²) in [5, 5.41) is 3.46. The van der Waals surface area contributed by atoms with Crippen LogP contribution in [0.4, 0.5) is 0 Å². The fourth-order valence-corrected chi connectivity index (χ4v) is 2.18. The van der Waals surface area contributed by atoms with E-state index >= 15 is 0 Å². The summed E-state index contributed by atoms with van der Waals surface area (Å²) >= 11 is 0. The van der Waals surface area contributed by atoms with Crippen molar-refractivity contribution in [3.05, 3.63) is 0 Å². The van der Waals surface area contributed by atoms with Gasteiger partial charge in [-0.1, -0.05) is 27.2 Å². The zero-order valence-electron chi connectivity index (χ0n) is 11.0. The largest absolute Gasteiger partial charge is 0.341 e. The fraction of sp³-hybridized carbons (Fsp3) is 0.923. The molecule has 0 saturated carbocycles. The summed E-state index contributed by atoms with van der Waals surface area (Å²) in [6.07, 6.45) is 4.74. The van der Waals surface area contributed by atoms with Gasteiger partial charge in [-0.25, -0.2) is 0 Å². The van der Waals surface area contributed by atoms with Gasteiger partial charge in [-0.2, -0.15) is 0 Å². The van der Waals surface area contributed by atoms with Crippen LogP contribution in [0.3, 0.4) is 0 Å². The summed E-state index contributed by atoms with van der Waals surface area (Å²) in [6.45, 7) is 9.09. The highest BCUT2D eigenvalue weighted by molar-refractivity contribution is 5.78. The number of hydrogen-bond acceptors (Lipinski definition) is 2. The van der Waals surface area contributed by atoms with Crippen molar-refractivity contribution in [3.8, 4) is 0 Å². The van der Waals surface area contributed by atoms with Gasteiger partial charge in [-0.3, -0.25) is 4.79 Å². The number of rotatable bonds is 6. The molecule has 1 rings (SSSR count). The first-order valence-corrected chi connectivity index (χ1v) is 6.67. The average molecular weight is 226 g/mol. The standard InChI is InChI=1S/C13H26N2O/c1-4-5-9-15(13(16)11(2)3)10-12-7-6-8-14-12/h11-12,14H,4-10H2,1-3H3. The van der Waals surface area contributed by atoms with Crippen LogP contribution < -0.4 is 5.32 Å². The van der Waals surface area contributed by atoms with Crippen LogP contribution in [0.15, 0.2) is 0 Å². The maximum absolute atomic E-state index is 12.0. The predicted octanol–water partition coefficient (Wildman–Crippen LogP) is 2.02. The van der Waals surface area contributed by atoms with Crippen molar-refractivity contribution in [2.75, 3.05) is 19.6 Å². The van der Waals surface area contributed by atoms with E-state index in [4.69, 9.17) is 0 Å². The van der Waals surface area contributed by atoms with Gasteiger partial charge in [0.25, 0.3) is 0 Å². The molecule has 0 aromatic heterocycles. The fourth-order valence-electron chi connectivity index (χ4n) is 2.18. The molecule has 0 aromatic carbocycles. The van der Waals surface area contributed by atoms with Gasteiger partial charge in [-0.15, -0.1) is 0 Å². The molecular formula is C13H26N2O. The first-order chi connectivity index (χ1) is 7.65. The topological polar surface area (TPSA) is 32.3 Å². The smallest absolute Gasteiger partial charge is 0.225 e. The first-order valence-electron chi connectivity index (χ1n) is 6.67. The van der Waals surface area contributed by atoms with E-state index < -0.39 is 0 Å². The molecule has 0 radical (unpaired) electrons. The molecule has 0 bridgehead atoms. The van der Waals surface area contributed by atoms with Crippen LogP contribution in [0, 0.1) is 5.92 Å². The van der Waals surface area contributed by atoms with Crippen LogP contribution in [0.25, 0.3) is 0 Å². The van der Waals surface area contributed by atoms with E-state index in [1.54, 1.807) is 0 Å². The molecule has 3 nitrogen and oxygen atoms in total. The maximum Gasteiger partial charge on any atom is 0.225 e. The SMILES string of the molecule is CCCCN(CC1CCCN1)C(=O)C(C)C. The third-order valence-corrected chi connectivity index (χ3v) is 3.19. The number of nitrogens with one attached hydrogen (secondary N) is 1. The van der Waals surface area contributed by atoms with Gasteiger partial charge in [0.15, 0.2) is 0 Å². The van der Waals surface area contributed by atoms with Crippen molar-refractivity contribution >= 4 is 5.91 Å². The molecule has 1 atom stereocenters. The number of hydrogen-bond donors (Lipinski definition) is 1. The Labute approximate surface area is 99.6 Å². The molecule has 1 N–H and O–H groups in total. The minimum atomic E-state index is 0.123. The van der Waals surface area contributed by atoms with Gasteiger partial charge >= 0.3 is 0 Å². The van der Waals surface area contributed by atoms with Crippen LogP contribution in [0.2, 0.25) is 0 Å². The third-order valence-electron chi connectivity index (χ3n) is 3.19. The molecule has 1 aliphatic rings. The zero-order chi connectivity index (χ0) is 12.0. The van der Waals surface area contributed by atoms with E-state index in [-0.39, 0.29) is 5.92 Å². The number of unbranched alkanes of at least 4 members (excludes halogenated alkanes) is 1. The van der Waals surface area contributed by atoms with Gasteiger partial charge in [0.2, 0.25) is 5.91 Å².